The molecular formula is C21H24N2O4. The van der Waals surface area contributed by atoms with Crippen molar-refractivity contribution in [2.24, 2.45) is 0 Å². The van der Waals surface area contributed by atoms with Crippen molar-refractivity contribution in [1.29, 1.82) is 0 Å². The molecule has 3 aromatic rings. The minimum atomic E-state index is -0.261. The number of carbonyl (C=O) groups excluding carboxylic acids is 1. The Morgan fingerprint density at radius 3 is 2.41 bits per heavy atom. The van der Waals surface area contributed by atoms with Gasteiger partial charge in [-0.25, -0.2) is 4.68 Å². The number of hydrogen-bond acceptors (Lipinski definition) is 5. The molecule has 1 aromatic heterocycles. The van der Waals surface area contributed by atoms with Crippen LogP contribution >= 0.6 is 0 Å². The molecule has 0 unspecified atom stereocenters. The van der Waals surface area contributed by atoms with Crippen molar-refractivity contribution in [2.45, 2.75) is 26.2 Å². The number of methoxy groups -OCH3 is 2. The first-order valence-corrected chi connectivity index (χ1v) is 9.02. The number of aromatic nitrogens is 2. The number of unbranched alkanes of at least 4 members (excludes halogenated alkanes) is 1. The number of ether oxygens (including phenoxy) is 3. The second-order valence-electron chi connectivity index (χ2n) is 6.19. The summed E-state index contributed by atoms with van der Waals surface area (Å²) >= 11 is 0. The van der Waals surface area contributed by atoms with Crippen LogP contribution in [-0.4, -0.2) is 36.6 Å². The van der Waals surface area contributed by atoms with E-state index in [2.05, 4.69) is 12.0 Å². The van der Waals surface area contributed by atoms with Crippen LogP contribution in [0.15, 0.2) is 42.5 Å². The Kier molecular flexibility index (Phi) is 5.96. The van der Waals surface area contributed by atoms with E-state index in [1.54, 1.807) is 18.9 Å². The van der Waals surface area contributed by atoms with Crippen molar-refractivity contribution in [3.63, 3.8) is 0 Å². The molecule has 0 atom stereocenters. The Morgan fingerprint density at radius 1 is 1.04 bits per heavy atom. The molecule has 27 heavy (non-hydrogen) atoms. The quantitative estimate of drug-likeness (QED) is 0.445. The standard InChI is InChI=1S/C21H24N2O4/c1-4-5-12-27-21(24)14-20-18-13-17(26-3)10-11-19(18)22-23(20)15-6-8-16(25-2)9-7-15/h6-11,13H,4-5,12,14H2,1-3H3. The van der Waals surface area contributed by atoms with Crippen molar-refractivity contribution >= 4 is 16.9 Å². The molecule has 1 heterocycles. The average molecular weight is 368 g/mol. The van der Waals surface area contributed by atoms with E-state index in [1.807, 2.05) is 42.5 Å². The summed E-state index contributed by atoms with van der Waals surface area (Å²) in [5.41, 5.74) is 2.42. The number of nitrogens with zero attached hydrogens (tertiary/aromatic N) is 2. The average Bonchev–Trinajstić information content (AvgIpc) is 3.05. The van der Waals surface area contributed by atoms with Crippen molar-refractivity contribution in [3.8, 4) is 17.2 Å². The highest BCUT2D eigenvalue weighted by molar-refractivity contribution is 5.87. The molecular weight excluding hydrogens is 344 g/mol. The maximum atomic E-state index is 12.4. The largest absolute Gasteiger partial charge is 0.497 e. The van der Waals surface area contributed by atoms with Gasteiger partial charge in [0.15, 0.2) is 0 Å². The van der Waals surface area contributed by atoms with Gasteiger partial charge in [0.25, 0.3) is 0 Å². The van der Waals surface area contributed by atoms with Crippen molar-refractivity contribution < 1.29 is 19.0 Å². The third-order valence-corrected chi connectivity index (χ3v) is 4.37. The third kappa shape index (κ3) is 4.22. The van der Waals surface area contributed by atoms with E-state index < -0.39 is 0 Å². The van der Waals surface area contributed by atoms with Gasteiger partial charge in [0.1, 0.15) is 11.5 Å². The third-order valence-electron chi connectivity index (χ3n) is 4.37. The number of fused-ring (bicyclic) bond motifs is 1. The van der Waals surface area contributed by atoms with Gasteiger partial charge >= 0.3 is 5.97 Å². The topological polar surface area (TPSA) is 62.6 Å². The highest BCUT2D eigenvalue weighted by Gasteiger charge is 2.17. The zero-order valence-electron chi connectivity index (χ0n) is 15.9. The van der Waals surface area contributed by atoms with E-state index in [4.69, 9.17) is 14.2 Å². The predicted octanol–water partition coefficient (Wildman–Crippen LogP) is 3.93. The van der Waals surface area contributed by atoms with Crippen LogP contribution in [0, 0.1) is 0 Å². The molecule has 0 N–H and O–H groups in total. The van der Waals surface area contributed by atoms with Crippen molar-refractivity contribution in [2.75, 3.05) is 20.8 Å². The highest BCUT2D eigenvalue weighted by Crippen LogP contribution is 2.27. The Bertz CT molecular complexity index is 916. The zero-order chi connectivity index (χ0) is 19.2. The Hall–Kier alpha value is -3.02. The minimum absolute atomic E-state index is 0.138. The Morgan fingerprint density at radius 2 is 1.74 bits per heavy atom. The van der Waals surface area contributed by atoms with E-state index in [0.29, 0.717) is 6.61 Å². The van der Waals surface area contributed by atoms with Gasteiger partial charge < -0.3 is 14.2 Å². The first kappa shape index (κ1) is 18.8. The number of carbonyl (C=O) groups is 1. The second kappa shape index (κ2) is 8.58. The summed E-state index contributed by atoms with van der Waals surface area (Å²) < 4.78 is 17.7. The lowest BCUT2D eigenvalue weighted by molar-refractivity contribution is -0.143. The number of esters is 1. The second-order valence-corrected chi connectivity index (χ2v) is 6.19. The fourth-order valence-corrected chi connectivity index (χ4v) is 2.87. The molecule has 0 spiro atoms. The van der Waals surface area contributed by atoms with Crippen LogP contribution in [0.2, 0.25) is 0 Å². The molecule has 0 aliphatic carbocycles. The van der Waals surface area contributed by atoms with Gasteiger partial charge in [-0.3, -0.25) is 4.79 Å². The van der Waals surface area contributed by atoms with E-state index in [9.17, 15) is 4.79 Å². The fourth-order valence-electron chi connectivity index (χ4n) is 2.87. The van der Waals surface area contributed by atoms with Gasteiger partial charge in [-0.2, -0.15) is 5.10 Å². The predicted molar refractivity (Wildman–Crippen MR) is 104 cm³/mol. The van der Waals surface area contributed by atoms with Gasteiger partial charge in [-0.15, -0.1) is 0 Å². The normalized spacial score (nSPS) is 10.8. The fraction of sp³-hybridized carbons (Fsp3) is 0.333. The number of rotatable bonds is 8. The SMILES string of the molecule is CCCCOC(=O)Cc1c2cc(OC)ccc2nn1-c1ccc(OC)cc1. The number of benzene rings is 2. The first-order chi connectivity index (χ1) is 13.2. The summed E-state index contributed by atoms with van der Waals surface area (Å²) in [4.78, 5) is 12.4. The molecule has 0 saturated heterocycles. The molecule has 142 valence electrons. The molecule has 6 heteroatoms. The van der Waals surface area contributed by atoms with Crippen molar-refractivity contribution in [3.05, 3.63) is 48.2 Å². The lowest BCUT2D eigenvalue weighted by Gasteiger charge is -2.09. The molecule has 6 nitrogen and oxygen atoms in total. The van der Waals surface area contributed by atoms with E-state index in [1.165, 1.54) is 0 Å². The maximum Gasteiger partial charge on any atom is 0.311 e. The summed E-state index contributed by atoms with van der Waals surface area (Å²) in [5, 5.41) is 5.55. The molecule has 0 aliphatic heterocycles. The van der Waals surface area contributed by atoms with Crippen LogP contribution in [0.3, 0.4) is 0 Å². The van der Waals surface area contributed by atoms with Crippen LogP contribution < -0.4 is 9.47 Å². The van der Waals surface area contributed by atoms with Gasteiger partial charge in [0.2, 0.25) is 0 Å². The molecule has 3 rings (SSSR count). The van der Waals surface area contributed by atoms with Gasteiger partial charge in [-0.1, -0.05) is 13.3 Å². The number of hydrogen-bond donors (Lipinski definition) is 0. The minimum Gasteiger partial charge on any atom is -0.497 e. The Labute approximate surface area is 158 Å². The molecule has 0 fully saturated rings. The summed E-state index contributed by atoms with van der Waals surface area (Å²) in [6, 6.07) is 13.2. The lowest BCUT2D eigenvalue weighted by Crippen LogP contribution is -2.13. The van der Waals surface area contributed by atoms with Crippen LogP contribution in [0.4, 0.5) is 0 Å². The molecule has 0 aliphatic rings. The van der Waals surface area contributed by atoms with E-state index >= 15 is 0 Å². The Balaban J connectivity index is 2.01. The zero-order valence-corrected chi connectivity index (χ0v) is 15.9. The smallest absolute Gasteiger partial charge is 0.311 e. The van der Waals surface area contributed by atoms with Gasteiger partial charge in [-0.05, 0) is 48.9 Å². The van der Waals surface area contributed by atoms with Gasteiger partial charge in [0.05, 0.1) is 44.1 Å². The lowest BCUT2D eigenvalue weighted by atomic mass is 10.1. The van der Waals surface area contributed by atoms with Crippen LogP contribution in [0.1, 0.15) is 25.5 Å². The summed E-state index contributed by atoms with van der Waals surface area (Å²) in [6.45, 7) is 2.50. The monoisotopic (exact) mass is 368 g/mol. The van der Waals surface area contributed by atoms with Crippen LogP contribution in [0.5, 0.6) is 11.5 Å². The summed E-state index contributed by atoms with van der Waals surface area (Å²) in [5.74, 6) is 1.22. The summed E-state index contributed by atoms with van der Waals surface area (Å²) in [7, 11) is 3.25. The highest BCUT2D eigenvalue weighted by atomic mass is 16.5. The molecule has 0 bridgehead atoms. The summed E-state index contributed by atoms with van der Waals surface area (Å²) in [6.07, 6.45) is 1.98. The maximum absolute atomic E-state index is 12.4. The van der Waals surface area contributed by atoms with E-state index in [0.717, 1.165) is 46.6 Å². The van der Waals surface area contributed by atoms with Gasteiger partial charge in [0, 0.05) is 5.39 Å². The van der Waals surface area contributed by atoms with Crippen molar-refractivity contribution in [1.82, 2.24) is 9.78 Å². The first-order valence-electron chi connectivity index (χ1n) is 9.02. The molecule has 0 amide bonds. The van der Waals surface area contributed by atoms with Crippen LogP contribution in [0.25, 0.3) is 16.6 Å². The van der Waals surface area contributed by atoms with E-state index in [-0.39, 0.29) is 12.4 Å². The molecule has 0 saturated carbocycles. The molecule has 2 aromatic carbocycles. The van der Waals surface area contributed by atoms with Crippen LogP contribution in [-0.2, 0) is 16.0 Å². The molecule has 0 radical (unpaired) electrons.